The molecule has 0 radical (unpaired) electrons. The van der Waals surface area contributed by atoms with Crippen molar-refractivity contribution in [3.63, 3.8) is 0 Å². The second kappa shape index (κ2) is 30.8. The van der Waals surface area contributed by atoms with Crippen molar-refractivity contribution in [3.05, 3.63) is 445 Å². The van der Waals surface area contributed by atoms with E-state index >= 15 is 0 Å². The lowest BCUT2D eigenvalue weighted by atomic mass is 9.96. The molecule has 0 atom stereocenters. The van der Waals surface area contributed by atoms with Crippen LogP contribution in [-0.4, -0.2) is 47.8 Å². The Labute approximate surface area is 785 Å². The molecule has 0 unspecified atom stereocenters. The van der Waals surface area contributed by atoms with Gasteiger partial charge in [-0.25, -0.2) is 27.8 Å². The van der Waals surface area contributed by atoms with Crippen LogP contribution in [0.1, 0.15) is 139 Å². The summed E-state index contributed by atoms with van der Waals surface area (Å²) in [5.41, 5.74) is 60.0. The minimum atomic E-state index is 0.928. The number of aryl methyl sites for hydroxylation is 5. The Hall–Kier alpha value is -16.0. The maximum absolute atomic E-state index is 5.06. The largest absolute Gasteiger partial charge is 0.294 e. The molecule has 0 saturated carbocycles. The average molecular weight is 1750 g/mol. The van der Waals surface area contributed by atoms with Crippen LogP contribution in [0, 0.1) is 69.2 Å². The Bertz CT molecular complexity index is 7380. The van der Waals surface area contributed by atoms with Gasteiger partial charge in [0.1, 0.15) is 117 Å². The van der Waals surface area contributed by atoms with E-state index in [1.54, 1.807) is 0 Å². The van der Waals surface area contributed by atoms with Gasteiger partial charge in [0.25, 0.3) is 29.1 Å². The average Bonchev–Trinajstić information content (AvgIpc) is 1.59. The third-order valence-electron chi connectivity index (χ3n) is 30.7. The quantitative estimate of drug-likeness (QED) is 0.160. The molecule has 5 aliphatic heterocycles. The zero-order valence-electron chi connectivity index (χ0n) is 77.6. The Kier molecular flexibility index (Phi) is 18.2. The summed E-state index contributed by atoms with van der Waals surface area (Å²) in [4.78, 5) is 23.0. The minimum Gasteiger partial charge on any atom is -0.264 e. The monoisotopic (exact) mass is 1750 g/mol. The van der Waals surface area contributed by atoms with Crippen LogP contribution in [0.15, 0.2) is 305 Å². The number of aromatic nitrogens is 15. The van der Waals surface area contributed by atoms with Gasteiger partial charge in [0.05, 0.1) is 50.6 Å². The Morgan fingerprint density at radius 2 is 0.563 bits per heavy atom. The van der Waals surface area contributed by atoms with Crippen molar-refractivity contribution in [1.29, 1.82) is 0 Å². The van der Waals surface area contributed by atoms with E-state index in [2.05, 4.69) is 391 Å². The molecule has 135 heavy (non-hydrogen) atoms. The predicted octanol–water partition coefficient (Wildman–Crippen LogP) is 21.9. The van der Waals surface area contributed by atoms with Gasteiger partial charge < -0.3 is 0 Å². The van der Waals surface area contributed by atoms with Gasteiger partial charge in [-0.1, -0.05) is 127 Å². The summed E-state index contributed by atoms with van der Waals surface area (Å²) in [7, 11) is 0. The molecule has 10 aromatic carbocycles. The molecule has 0 fully saturated rings. The van der Waals surface area contributed by atoms with E-state index in [4.69, 9.17) is 4.98 Å². The third-order valence-corrected chi connectivity index (χ3v) is 30.7. The second-order valence-corrected chi connectivity index (χ2v) is 38.3. The summed E-state index contributed by atoms with van der Waals surface area (Å²) in [6.45, 7) is 27.2. The third kappa shape index (κ3) is 12.3. The van der Waals surface area contributed by atoms with Crippen LogP contribution in [0.25, 0.3) is 141 Å². The zero-order chi connectivity index (χ0) is 90.6. The highest BCUT2D eigenvalue weighted by Gasteiger charge is 2.41. The molecule has 10 aliphatic rings. The number of fused-ring (bicyclic) bond motifs is 30. The number of pyridine rings is 5. The molecule has 20 aromatic rings. The maximum atomic E-state index is 5.06. The number of imidazole rings is 5. The highest BCUT2D eigenvalue weighted by molar-refractivity contribution is 5.86. The van der Waals surface area contributed by atoms with E-state index in [1.807, 2.05) is 49.3 Å². The van der Waals surface area contributed by atoms with Crippen LogP contribution in [-0.2, 0) is 64.8 Å². The fourth-order valence-electron chi connectivity index (χ4n) is 24.6. The topological polar surface area (TPSA) is 108 Å². The SMILES string of the molecule is Cc1cc2c(c(C)c1-n1cc[n+]3c1-c1ccccc1C3)Cc1cccnc1-2.Cc1cc2c(c(C)c1-n1cc[n+]3c1-c1ccccc1C3)Cc1ccncc1-2.Cc1cc2c(c(C)c1-n1cc[n+]3c1-c1ccccc1C3)Cc1cnccc1-2.Cc1cc2c(c(C)c1-n1cc[n+]3c1-c1ccccc1C3)Cc1ncccc1-2.Cc1nc2c(c(C)c1-n1cc[n+]3c1-c1ccccc1C3)Cc1ccccc1-2. The number of hydrogen-bond donors (Lipinski definition) is 0. The van der Waals surface area contributed by atoms with Crippen molar-refractivity contribution in [2.45, 2.75) is 134 Å². The summed E-state index contributed by atoms with van der Waals surface area (Å²) < 4.78 is 23.6. The highest BCUT2D eigenvalue weighted by atomic mass is 15.2. The van der Waals surface area contributed by atoms with E-state index < -0.39 is 0 Å². The van der Waals surface area contributed by atoms with E-state index in [0.717, 1.165) is 76.2 Å². The van der Waals surface area contributed by atoms with Gasteiger partial charge in [-0.05, 0) is 249 Å². The normalized spacial score (nSPS) is 13.3. The first-order valence-electron chi connectivity index (χ1n) is 47.4. The summed E-state index contributed by atoms with van der Waals surface area (Å²) >= 11 is 0. The molecule has 10 aromatic heterocycles. The first-order valence-corrected chi connectivity index (χ1v) is 47.4. The van der Waals surface area contributed by atoms with Crippen LogP contribution in [0.5, 0.6) is 0 Å². The maximum Gasteiger partial charge on any atom is 0.294 e. The molecule has 15 heteroatoms. The molecule has 0 saturated heterocycles. The van der Waals surface area contributed by atoms with Crippen molar-refractivity contribution in [1.82, 2.24) is 47.8 Å². The second-order valence-electron chi connectivity index (χ2n) is 38.3. The standard InChI is InChI=1S/5C24H20N3/c1-15-21-13-17-7-3-5-9-19(17)22(21)25-16(2)23(15)27-12-11-26-14-18-8-4-6-10-20(18)24(26)27;1-15-12-21-20(13-17-7-5-9-25-22(17)21)16(2)23(15)27-11-10-26-14-18-6-3-4-8-19(18)24(26)27;1-15-12-21-19-8-5-9-25-22(19)13-20(21)16(2)23(15)27-11-10-26-14-17-6-3-4-7-18(17)24(26)27;1-15-11-21-20(12-17-7-8-25-13-22(17)21)16(2)23(15)27-10-9-26-14-18-5-3-4-6-19(18)24(26)27;1-15-11-22-19-7-8-25-13-18(19)12-21(22)16(2)23(15)27-10-9-26-14-17-5-3-4-6-20(17)24(26)27/h3*3-12H,13-14H2,1-2H3;2*3-11,13H,12,14H2,1-2H3/q5*+1. The first kappa shape index (κ1) is 79.9. The van der Waals surface area contributed by atoms with Crippen LogP contribution in [0.4, 0.5) is 0 Å². The lowest BCUT2D eigenvalue weighted by molar-refractivity contribution is -0.671. The van der Waals surface area contributed by atoms with Gasteiger partial charge >= 0.3 is 0 Å². The number of nitrogens with zero attached hydrogens (tertiary/aromatic N) is 15. The molecular weight excluding hydrogens is 1650 g/mol. The van der Waals surface area contributed by atoms with E-state index in [-0.39, 0.29) is 0 Å². The summed E-state index contributed by atoms with van der Waals surface area (Å²) in [6, 6.07) is 74.5. The molecular formula is C120H100N15+5. The number of rotatable bonds is 5. The van der Waals surface area contributed by atoms with Crippen LogP contribution < -0.4 is 22.8 Å². The Morgan fingerprint density at radius 3 is 1.04 bits per heavy atom. The molecule has 15 heterocycles. The molecule has 650 valence electrons. The zero-order valence-corrected chi connectivity index (χ0v) is 77.6. The molecule has 0 N–H and O–H groups in total. The molecule has 5 aliphatic carbocycles. The van der Waals surface area contributed by atoms with Crippen molar-refractivity contribution >= 4 is 0 Å². The van der Waals surface area contributed by atoms with Crippen LogP contribution >= 0.6 is 0 Å². The van der Waals surface area contributed by atoms with Gasteiger partial charge in [0.2, 0.25) is 0 Å². The summed E-state index contributed by atoms with van der Waals surface area (Å²) in [5.74, 6) is 6.40. The Morgan fingerprint density at radius 1 is 0.237 bits per heavy atom. The first-order chi connectivity index (χ1) is 66.1. The molecule has 0 amide bonds. The van der Waals surface area contributed by atoms with E-state index in [1.165, 1.54) is 269 Å². The van der Waals surface area contributed by atoms with Crippen molar-refractivity contribution < 1.29 is 22.8 Å². The van der Waals surface area contributed by atoms with Gasteiger partial charge in [-0.3, -0.25) is 19.9 Å². The lowest BCUT2D eigenvalue weighted by Crippen LogP contribution is -2.30. The van der Waals surface area contributed by atoms with E-state index in [0.29, 0.717) is 0 Å². The lowest BCUT2D eigenvalue weighted by Gasteiger charge is -2.13. The van der Waals surface area contributed by atoms with Crippen molar-refractivity contribution in [2.24, 2.45) is 0 Å². The van der Waals surface area contributed by atoms with Crippen molar-refractivity contribution in [3.8, 4) is 141 Å². The molecule has 0 bridgehead atoms. The molecule has 0 spiro atoms. The Balaban J connectivity index is 0.0000000878. The van der Waals surface area contributed by atoms with Gasteiger partial charge in [0.15, 0.2) is 5.69 Å². The molecule has 30 rings (SSSR count). The van der Waals surface area contributed by atoms with Gasteiger partial charge in [-0.2, -0.15) is 22.8 Å². The predicted molar refractivity (Wildman–Crippen MR) is 530 cm³/mol. The summed E-state index contributed by atoms with van der Waals surface area (Å²) in [6.07, 6.45) is 38.6. The highest BCUT2D eigenvalue weighted by Crippen LogP contribution is 2.49. The fourth-order valence-corrected chi connectivity index (χ4v) is 24.6. The van der Waals surface area contributed by atoms with Gasteiger partial charge in [-0.15, -0.1) is 0 Å². The van der Waals surface area contributed by atoms with Crippen LogP contribution in [0.2, 0.25) is 0 Å². The van der Waals surface area contributed by atoms with Gasteiger partial charge in [0, 0.05) is 141 Å². The number of hydrogen-bond acceptors (Lipinski definition) is 5. The minimum absolute atomic E-state index is 0.928. The summed E-state index contributed by atoms with van der Waals surface area (Å²) in [5, 5.41) is 0. The molecule has 15 nitrogen and oxygen atoms in total. The smallest absolute Gasteiger partial charge is 0.264 e. The number of benzene rings is 10. The van der Waals surface area contributed by atoms with Crippen LogP contribution in [0.3, 0.4) is 0 Å². The van der Waals surface area contributed by atoms with E-state index in [9.17, 15) is 0 Å². The fraction of sp³-hybridized carbons (Fsp3) is 0.167. The van der Waals surface area contributed by atoms with Crippen molar-refractivity contribution in [2.75, 3.05) is 0 Å².